The van der Waals surface area contributed by atoms with E-state index in [2.05, 4.69) is 4.90 Å². The van der Waals surface area contributed by atoms with Crippen LogP contribution in [0.25, 0.3) is 0 Å². The van der Waals surface area contributed by atoms with E-state index in [9.17, 15) is 4.39 Å². The van der Waals surface area contributed by atoms with Gasteiger partial charge in [0.1, 0.15) is 5.82 Å². The number of halogens is 1. The third-order valence-corrected chi connectivity index (χ3v) is 6.16. The van der Waals surface area contributed by atoms with Gasteiger partial charge in [-0.1, -0.05) is 6.07 Å². The molecule has 132 valence electrons. The van der Waals surface area contributed by atoms with E-state index in [1.54, 1.807) is 19.2 Å². The molecule has 1 atom stereocenters. The summed E-state index contributed by atoms with van der Waals surface area (Å²) in [5.41, 5.74) is 2.56. The molecule has 1 saturated carbocycles. The molecule has 0 amide bonds. The molecule has 1 spiro atoms. The Morgan fingerprint density at radius 2 is 2.04 bits per heavy atom. The normalized spacial score (nSPS) is 26.0. The summed E-state index contributed by atoms with van der Waals surface area (Å²) in [6, 6.07) is 5.34. The molecule has 1 heterocycles. The maximum atomic E-state index is 13.9. The van der Waals surface area contributed by atoms with Gasteiger partial charge in [0, 0.05) is 19.1 Å². The van der Waals surface area contributed by atoms with Crippen LogP contribution in [0.5, 0.6) is 0 Å². The fraction of sp³-hybridized carbons (Fsp3) is 0.700. The lowest BCUT2D eigenvalue weighted by Crippen LogP contribution is -2.42. The summed E-state index contributed by atoms with van der Waals surface area (Å²) in [5, 5.41) is 0. The van der Waals surface area contributed by atoms with Gasteiger partial charge in [-0.3, -0.25) is 0 Å². The lowest BCUT2D eigenvalue weighted by atomic mass is 9.73. The Morgan fingerprint density at radius 1 is 1.25 bits per heavy atom. The zero-order valence-electron chi connectivity index (χ0n) is 14.6. The SMILES string of the molecule is COCCN1CCC2(CC1)CC(OCC1CC1)c1ccc(F)cc12. The molecule has 4 rings (SSSR count). The second-order valence-corrected chi connectivity index (χ2v) is 7.82. The van der Waals surface area contributed by atoms with Crippen molar-refractivity contribution in [1.29, 1.82) is 0 Å². The summed E-state index contributed by atoms with van der Waals surface area (Å²) >= 11 is 0. The molecule has 1 aromatic carbocycles. The second kappa shape index (κ2) is 6.74. The number of fused-ring (bicyclic) bond motifs is 2. The monoisotopic (exact) mass is 333 g/mol. The molecular weight excluding hydrogens is 305 g/mol. The Morgan fingerprint density at radius 3 is 2.75 bits per heavy atom. The average Bonchev–Trinajstić information content (AvgIpc) is 3.38. The van der Waals surface area contributed by atoms with E-state index in [1.165, 1.54) is 24.0 Å². The number of hydrogen-bond donors (Lipinski definition) is 0. The predicted molar refractivity (Wildman–Crippen MR) is 91.7 cm³/mol. The maximum absolute atomic E-state index is 13.9. The van der Waals surface area contributed by atoms with Gasteiger partial charge in [-0.15, -0.1) is 0 Å². The molecule has 24 heavy (non-hydrogen) atoms. The lowest BCUT2D eigenvalue weighted by Gasteiger charge is -2.40. The van der Waals surface area contributed by atoms with Gasteiger partial charge < -0.3 is 14.4 Å². The van der Waals surface area contributed by atoms with Gasteiger partial charge in [0.05, 0.1) is 19.3 Å². The molecule has 1 unspecified atom stereocenters. The Balaban J connectivity index is 1.50. The first-order chi connectivity index (χ1) is 11.7. The standard InChI is InChI=1S/C20H28FNO2/c1-23-11-10-22-8-6-20(7-9-22)13-19(24-14-15-2-3-15)17-5-4-16(21)12-18(17)20/h4-5,12,15,19H,2-3,6-11,13-14H2,1H3. The highest BCUT2D eigenvalue weighted by molar-refractivity contribution is 5.42. The van der Waals surface area contributed by atoms with E-state index < -0.39 is 0 Å². The fourth-order valence-corrected chi connectivity index (χ4v) is 4.43. The van der Waals surface area contributed by atoms with Gasteiger partial charge in [-0.2, -0.15) is 0 Å². The first kappa shape index (κ1) is 16.5. The summed E-state index contributed by atoms with van der Waals surface area (Å²) in [7, 11) is 1.75. The minimum atomic E-state index is -0.113. The lowest BCUT2D eigenvalue weighted by molar-refractivity contribution is 0.0248. The van der Waals surface area contributed by atoms with E-state index in [-0.39, 0.29) is 17.3 Å². The number of likely N-dealkylation sites (tertiary alicyclic amines) is 1. The highest BCUT2D eigenvalue weighted by Crippen LogP contribution is 2.52. The number of methoxy groups -OCH3 is 1. The summed E-state index contributed by atoms with van der Waals surface area (Å²) < 4.78 is 25.4. The van der Waals surface area contributed by atoms with Crippen molar-refractivity contribution in [1.82, 2.24) is 4.90 Å². The number of benzene rings is 1. The topological polar surface area (TPSA) is 21.7 Å². The molecule has 1 aromatic rings. The molecular formula is C20H28FNO2. The first-order valence-electron chi connectivity index (χ1n) is 9.33. The van der Waals surface area contributed by atoms with Crippen molar-refractivity contribution < 1.29 is 13.9 Å². The van der Waals surface area contributed by atoms with Crippen molar-refractivity contribution in [3.8, 4) is 0 Å². The minimum Gasteiger partial charge on any atom is -0.383 e. The van der Waals surface area contributed by atoms with Crippen LogP contribution >= 0.6 is 0 Å². The van der Waals surface area contributed by atoms with Gasteiger partial charge in [0.25, 0.3) is 0 Å². The van der Waals surface area contributed by atoms with E-state index in [4.69, 9.17) is 9.47 Å². The van der Waals surface area contributed by atoms with Gasteiger partial charge in [-0.05, 0) is 74.4 Å². The van der Waals surface area contributed by atoms with Crippen LogP contribution < -0.4 is 0 Å². The Hall–Kier alpha value is -0.970. The maximum Gasteiger partial charge on any atom is 0.123 e. The van der Waals surface area contributed by atoms with Crippen molar-refractivity contribution in [3.05, 3.63) is 35.1 Å². The predicted octanol–water partition coefficient (Wildman–Crippen LogP) is 3.68. The number of nitrogens with zero attached hydrogens (tertiary/aromatic N) is 1. The zero-order valence-corrected chi connectivity index (χ0v) is 14.6. The highest BCUT2D eigenvalue weighted by atomic mass is 19.1. The summed E-state index contributed by atoms with van der Waals surface area (Å²) in [6.45, 7) is 4.77. The number of rotatable bonds is 6. The summed E-state index contributed by atoms with van der Waals surface area (Å²) in [6.07, 6.45) is 5.99. The third-order valence-electron chi connectivity index (χ3n) is 6.16. The molecule has 3 aliphatic rings. The smallest absolute Gasteiger partial charge is 0.123 e. The molecule has 3 nitrogen and oxygen atoms in total. The van der Waals surface area contributed by atoms with E-state index in [1.807, 2.05) is 6.07 Å². The van der Waals surface area contributed by atoms with Crippen LogP contribution in [0.4, 0.5) is 4.39 Å². The molecule has 2 aliphatic carbocycles. The third kappa shape index (κ3) is 3.24. The highest BCUT2D eigenvalue weighted by Gasteiger charge is 2.46. The van der Waals surface area contributed by atoms with E-state index >= 15 is 0 Å². The number of piperidine rings is 1. The molecule has 0 radical (unpaired) electrons. The zero-order chi connectivity index (χ0) is 16.6. The van der Waals surface area contributed by atoms with Crippen LogP contribution in [0.15, 0.2) is 18.2 Å². The fourth-order valence-electron chi connectivity index (χ4n) is 4.43. The average molecular weight is 333 g/mol. The van der Waals surface area contributed by atoms with Gasteiger partial charge in [0.15, 0.2) is 0 Å². The van der Waals surface area contributed by atoms with Gasteiger partial charge in [0.2, 0.25) is 0 Å². The summed E-state index contributed by atoms with van der Waals surface area (Å²) in [4.78, 5) is 2.46. The van der Waals surface area contributed by atoms with Crippen molar-refractivity contribution in [2.75, 3.05) is 40.0 Å². The van der Waals surface area contributed by atoms with Crippen LogP contribution in [0.2, 0.25) is 0 Å². The Kier molecular flexibility index (Phi) is 4.63. The first-order valence-corrected chi connectivity index (χ1v) is 9.33. The van der Waals surface area contributed by atoms with Crippen LogP contribution in [-0.2, 0) is 14.9 Å². The van der Waals surface area contributed by atoms with E-state index in [0.717, 1.165) is 58.0 Å². The van der Waals surface area contributed by atoms with Crippen LogP contribution in [-0.4, -0.2) is 44.9 Å². The number of ether oxygens (including phenoxy) is 2. The quantitative estimate of drug-likeness (QED) is 0.793. The van der Waals surface area contributed by atoms with Gasteiger partial charge >= 0.3 is 0 Å². The van der Waals surface area contributed by atoms with Crippen LogP contribution in [0.3, 0.4) is 0 Å². The van der Waals surface area contributed by atoms with Crippen molar-refractivity contribution >= 4 is 0 Å². The minimum absolute atomic E-state index is 0.106. The molecule has 0 aromatic heterocycles. The van der Waals surface area contributed by atoms with E-state index in [0.29, 0.717) is 0 Å². The number of hydrogen-bond acceptors (Lipinski definition) is 3. The molecule has 4 heteroatoms. The van der Waals surface area contributed by atoms with Crippen molar-refractivity contribution in [2.45, 2.75) is 43.6 Å². The van der Waals surface area contributed by atoms with Crippen molar-refractivity contribution in [2.24, 2.45) is 5.92 Å². The Labute approximate surface area is 144 Å². The van der Waals surface area contributed by atoms with Gasteiger partial charge in [-0.25, -0.2) is 4.39 Å². The molecule has 2 fully saturated rings. The molecule has 1 saturated heterocycles. The van der Waals surface area contributed by atoms with Crippen molar-refractivity contribution in [3.63, 3.8) is 0 Å². The second-order valence-electron chi connectivity index (χ2n) is 7.82. The van der Waals surface area contributed by atoms with Crippen LogP contribution in [0.1, 0.15) is 49.3 Å². The molecule has 1 aliphatic heterocycles. The summed E-state index contributed by atoms with van der Waals surface area (Å²) in [5.74, 6) is 0.652. The van der Waals surface area contributed by atoms with Crippen LogP contribution in [0, 0.1) is 11.7 Å². The molecule has 0 bridgehead atoms. The Bertz CT molecular complexity index is 579. The molecule has 0 N–H and O–H groups in total. The largest absolute Gasteiger partial charge is 0.383 e.